The number of carbonyl (C=O) groups is 2. The number of benzene rings is 1. The van der Waals surface area contributed by atoms with E-state index in [1.54, 1.807) is 18.3 Å². The Hall–Kier alpha value is -2.93. The minimum absolute atomic E-state index is 0.317. The topological polar surface area (TPSA) is 80.8 Å². The fourth-order valence-corrected chi connectivity index (χ4v) is 3.26. The molecule has 160 valence electrons. The molecule has 7 heteroatoms. The van der Waals surface area contributed by atoms with Gasteiger partial charge in [0, 0.05) is 25.8 Å². The molecule has 30 heavy (non-hydrogen) atoms. The van der Waals surface area contributed by atoms with Crippen LogP contribution in [0.4, 0.5) is 5.82 Å². The first-order chi connectivity index (χ1) is 14.5. The number of pyridine rings is 1. The van der Waals surface area contributed by atoms with Gasteiger partial charge in [-0.15, -0.1) is 0 Å². The zero-order valence-electron chi connectivity index (χ0n) is 17.6. The molecule has 2 heterocycles. The Bertz CT molecular complexity index is 846. The SMILES string of the molecule is CC(C)c1ccc(CCNC(=O)COC(=O)c2cccnc2N2CCOCC2)cc1. The van der Waals surface area contributed by atoms with E-state index in [1.165, 1.54) is 5.56 Å². The Labute approximate surface area is 177 Å². The van der Waals surface area contributed by atoms with Crippen LogP contribution in [0, 0.1) is 0 Å². The van der Waals surface area contributed by atoms with Crippen LogP contribution in [0.5, 0.6) is 0 Å². The number of ether oxygens (including phenoxy) is 2. The average Bonchev–Trinajstić information content (AvgIpc) is 2.78. The first kappa shape index (κ1) is 21.8. The molecule has 1 aromatic heterocycles. The molecule has 0 bridgehead atoms. The molecule has 1 fully saturated rings. The minimum atomic E-state index is -0.552. The van der Waals surface area contributed by atoms with Crippen LogP contribution in [0.2, 0.25) is 0 Å². The monoisotopic (exact) mass is 411 g/mol. The second-order valence-electron chi connectivity index (χ2n) is 7.55. The normalized spacial score (nSPS) is 13.9. The van der Waals surface area contributed by atoms with E-state index in [9.17, 15) is 9.59 Å². The summed E-state index contributed by atoms with van der Waals surface area (Å²) in [5.74, 6) is 0.191. The smallest absolute Gasteiger partial charge is 0.342 e. The molecule has 3 rings (SSSR count). The van der Waals surface area contributed by atoms with Crippen molar-refractivity contribution >= 4 is 17.7 Å². The molecule has 1 saturated heterocycles. The molecule has 0 unspecified atom stereocenters. The Morgan fingerprint density at radius 1 is 1.17 bits per heavy atom. The highest BCUT2D eigenvalue weighted by molar-refractivity contribution is 5.96. The summed E-state index contributed by atoms with van der Waals surface area (Å²) in [5, 5.41) is 2.79. The number of carbonyl (C=O) groups excluding carboxylic acids is 2. The maximum Gasteiger partial charge on any atom is 0.342 e. The lowest BCUT2D eigenvalue weighted by Gasteiger charge is -2.28. The van der Waals surface area contributed by atoms with Gasteiger partial charge < -0.3 is 19.7 Å². The Morgan fingerprint density at radius 3 is 2.60 bits per heavy atom. The second-order valence-corrected chi connectivity index (χ2v) is 7.55. The highest BCUT2D eigenvalue weighted by Crippen LogP contribution is 2.19. The van der Waals surface area contributed by atoms with E-state index in [1.807, 2.05) is 4.90 Å². The molecule has 1 amide bonds. The maximum atomic E-state index is 12.5. The van der Waals surface area contributed by atoms with Gasteiger partial charge >= 0.3 is 5.97 Å². The third-order valence-corrected chi connectivity index (χ3v) is 5.03. The van der Waals surface area contributed by atoms with Gasteiger partial charge in [-0.1, -0.05) is 38.1 Å². The van der Waals surface area contributed by atoms with Gasteiger partial charge in [-0.3, -0.25) is 4.79 Å². The van der Waals surface area contributed by atoms with Crippen LogP contribution in [0.25, 0.3) is 0 Å². The van der Waals surface area contributed by atoms with Gasteiger partial charge in [0.25, 0.3) is 5.91 Å². The zero-order chi connectivity index (χ0) is 21.3. The molecule has 0 atom stereocenters. The van der Waals surface area contributed by atoms with E-state index >= 15 is 0 Å². The number of hydrogen-bond donors (Lipinski definition) is 1. The molecule has 1 N–H and O–H groups in total. The molecule has 0 saturated carbocycles. The van der Waals surface area contributed by atoms with Crippen LogP contribution in [-0.4, -0.2) is 56.3 Å². The second kappa shape index (κ2) is 10.7. The summed E-state index contributed by atoms with van der Waals surface area (Å²) in [7, 11) is 0. The van der Waals surface area contributed by atoms with Crippen molar-refractivity contribution in [1.29, 1.82) is 0 Å². The molecule has 1 aliphatic rings. The number of morpholine rings is 1. The molecule has 0 radical (unpaired) electrons. The Balaban J connectivity index is 1.45. The summed E-state index contributed by atoms with van der Waals surface area (Å²) < 4.78 is 10.6. The number of aromatic nitrogens is 1. The Morgan fingerprint density at radius 2 is 1.90 bits per heavy atom. The van der Waals surface area contributed by atoms with Crippen LogP contribution in [0.3, 0.4) is 0 Å². The molecule has 1 aliphatic heterocycles. The van der Waals surface area contributed by atoms with E-state index in [2.05, 4.69) is 48.4 Å². The van der Waals surface area contributed by atoms with Crippen LogP contribution in [0.15, 0.2) is 42.6 Å². The standard InChI is InChI=1S/C23H29N3O4/c1-17(2)19-7-5-18(6-8-19)9-11-24-21(27)16-30-23(28)20-4-3-10-25-22(20)26-12-14-29-15-13-26/h3-8,10,17H,9,11-16H2,1-2H3,(H,24,27). The van der Waals surface area contributed by atoms with Crippen LogP contribution in [0.1, 0.15) is 41.3 Å². The minimum Gasteiger partial charge on any atom is -0.452 e. The highest BCUT2D eigenvalue weighted by Gasteiger charge is 2.21. The van der Waals surface area contributed by atoms with Crippen molar-refractivity contribution in [2.24, 2.45) is 0 Å². The van der Waals surface area contributed by atoms with Crippen molar-refractivity contribution in [3.05, 3.63) is 59.3 Å². The summed E-state index contributed by atoms with van der Waals surface area (Å²) in [4.78, 5) is 30.9. The number of nitrogens with one attached hydrogen (secondary N) is 1. The predicted molar refractivity (Wildman–Crippen MR) is 115 cm³/mol. The lowest BCUT2D eigenvalue weighted by Crippen LogP contribution is -2.38. The third kappa shape index (κ3) is 6.03. The van der Waals surface area contributed by atoms with Gasteiger partial charge in [-0.25, -0.2) is 9.78 Å². The van der Waals surface area contributed by atoms with E-state index in [-0.39, 0.29) is 12.5 Å². The first-order valence-corrected chi connectivity index (χ1v) is 10.3. The van der Waals surface area contributed by atoms with Crippen molar-refractivity contribution in [3.63, 3.8) is 0 Å². The van der Waals surface area contributed by atoms with Crippen molar-refractivity contribution in [3.8, 4) is 0 Å². The van der Waals surface area contributed by atoms with Gasteiger partial charge in [-0.2, -0.15) is 0 Å². The van der Waals surface area contributed by atoms with Crippen molar-refractivity contribution in [2.75, 3.05) is 44.4 Å². The summed E-state index contributed by atoms with van der Waals surface area (Å²) in [6.45, 7) is 7.00. The van der Waals surface area contributed by atoms with Crippen molar-refractivity contribution in [1.82, 2.24) is 10.3 Å². The number of anilines is 1. The van der Waals surface area contributed by atoms with Gasteiger partial charge in [0.05, 0.1) is 13.2 Å². The molecule has 2 aromatic rings. The number of esters is 1. The fraction of sp³-hybridized carbons (Fsp3) is 0.435. The van der Waals surface area contributed by atoms with Gasteiger partial charge in [-0.05, 0) is 35.6 Å². The fourth-order valence-electron chi connectivity index (χ4n) is 3.26. The highest BCUT2D eigenvalue weighted by atomic mass is 16.5. The third-order valence-electron chi connectivity index (χ3n) is 5.03. The number of hydrogen-bond acceptors (Lipinski definition) is 6. The molecule has 1 aromatic carbocycles. The zero-order valence-corrected chi connectivity index (χ0v) is 17.6. The average molecular weight is 412 g/mol. The molecular weight excluding hydrogens is 382 g/mol. The quantitative estimate of drug-likeness (QED) is 0.673. The molecular formula is C23H29N3O4. The molecule has 0 spiro atoms. The van der Waals surface area contributed by atoms with Crippen molar-refractivity contribution in [2.45, 2.75) is 26.2 Å². The van der Waals surface area contributed by atoms with Crippen LogP contribution in [-0.2, 0) is 20.7 Å². The lowest BCUT2D eigenvalue weighted by molar-refractivity contribution is -0.124. The summed E-state index contributed by atoms with van der Waals surface area (Å²) in [6.07, 6.45) is 2.36. The molecule has 7 nitrogen and oxygen atoms in total. The largest absolute Gasteiger partial charge is 0.452 e. The first-order valence-electron chi connectivity index (χ1n) is 10.3. The predicted octanol–water partition coefficient (Wildman–Crippen LogP) is 2.56. The maximum absolute atomic E-state index is 12.5. The van der Waals surface area contributed by atoms with Gasteiger partial charge in [0.1, 0.15) is 11.4 Å². The lowest BCUT2D eigenvalue weighted by atomic mass is 10.0. The Kier molecular flexibility index (Phi) is 7.79. The number of nitrogens with zero attached hydrogens (tertiary/aromatic N) is 2. The van der Waals surface area contributed by atoms with Gasteiger partial charge in [0.15, 0.2) is 6.61 Å². The van der Waals surface area contributed by atoms with E-state index in [0.29, 0.717) is 50.1 Å². The van der Waals surface area contributed by atoms with E-state index in [4.69, 9.17) is 9.47 Å². The van der Waals surface area contributed by atoms with Crippen LogP contribution >= 0.6 is 0 Å². The number of rotatable bonds is 8. The summed E-state index contributed by atoms with van der Waals surface area (Å²) >= 11 is 0. The van der Waals surface area contributed by atoms with E-state index < -0.39 is 5.97 Å². The summed E-state index contributed by atoms with van der Waals surface area (Å²) in [5.41, 5.74) is 2.81. The van der Waals surface area contributed by atoms with Crippen molar-refractivity contribution < 1.29 is 19.1 Å². The van der Waals surface area contributed by atoms with Gasteiger partial charge in [0.2, 0.25) is 0 Å². The number of amides is 1. The van der Waals surface area contributed by atoms with Crippen LogP contribution < -0.4 is 10.2 Å². The van der Waals surface area contributed by atoms with E-state index in [0.717, 1.165) is 12.0 Å². The molecule has 0 aliphatic carbocycles. The summed E-state index contributed by atoms with van der Waals surface area (Å²) in [6, 6.07) is 11.7.